The minimum atomic E-state index is -0.613. The fraction of sp³-hybridized carbons (Fsp3) is 0.348. The van der Waals surface area contributed by atoms with Gasteiger partial charge in [-0.15, -0.1) is 0 Å². The van der Waals surface area contributed by atoms with E-state index in [0.29, 0.717) is 55.9 Å². The largest absolute Gasteiger partial charge is 0.497 e. The fourth-order valence-corrected chi connectivity index (χ4v) is 3.86. The van der Waals surface area contributed by atoms with Crippen LogP contribution in [0, 0.1) is 0 Å². The Balaban J connectivity index is 1.15. The molecule has 0 N–H and O–H groups in total. The number of hydrogen-bond donors (Lipinski definition) is 0. The molecule has 0 saturated carbocycles. The van der Waals surface area contributed by atoms with Crippen LogP contribution in [0.25, 0.3) is 11.4 Å². The number of para-hydroxylation sites is 2. The molecule has 0 radical (unpaired) electrons. The van der Waals surface area contributed by atoms with Crippen LogP contribution in [0.2, 0.25) is 0 Å². The maximum atomic E-state index is 12.9. The molecule has 1 fully saturated rings. The molecule has 0 aliphatic carbocycles. The molecule has 3 aromatic rings. The van der Waals surface area contributed by atoms with E-state index in [1.54, 1.807) is 7.11 Å². The van der Waals surface area contributed by atoms with Crippen molar-refractivity contribution in [2.24, 2.45) is 0 Å². The third-order valence-electron chi connectivity index (χ3n) is 5.62. The molecule has 1 saturated heterocycles. The first-order chi connectivity index (χ1) is 15.7. The molecule has 1 amide bonds. The molecule has 0 unspecified atom stereocenters. The average molecular weight is 436 g/mol. The second kappa shape index (κ2) is 8.88. The molecule has 2 aliphatic rings. The van der Waals surface area contributed by atoms with Gasteiger partial charge in [-0.25, -0.2) is 0 Å². The van der Waals surface area contributed by atoms with Crippen LogP contribution in [-0.2, 0) is 11.3 Å². The van der Waals surface area contributed by atoms with Crippen molar-refractivity contribution in [3.8, 4) is 28.6 Å². The number of nitrogens with zero attached hydrogens (tertiary/aromatic N) is 4. The summed E-state index contributed by atoms with van der Waals surface area (Å²) in [5, 5.41) is 4.09. The number of carbonyl (C=O) groups is 1. The van der Waals surface area contributed by atoms with Crippen molar-refractivity contribution in [1.29, 1.82) is 0 Å². The van der Waals surface area contributed by atoms with Gasteiger partial charge in [-0.3, -0.25) is 9.69 Å². The highest BCUT2D eigenvalue weighted by Crippen LogP contribution is 2.31. The topological polar surface area (TPSA) is 90.2 Å². The summed E-state index contributed by atoms with van der Waals surface area (Å²) in [5.41, 5.74) is 0.839. The molecule has 2 aliphatic heterocycles. The van der Waals surface area contributed by atoms with Gasteiger partial charge in [0.25, 0.3) is 5.91 Å². The first-order valence-corrected chi connectivity index (χ1v) is 10.6. The van der Waals surface area contributed by atoms with Crippen molar-refractivity contribution < 1.29 is 23.5 Å². The number of aromatic nitrogens is 2. The van der Waals surface area contributed by atoms with Crippen molar-refractivity contribution in [2.45, 2.75) is 12.6 Å². The molecule has 5 rings (SSSR count). The maximum absolute atomic E-state index is 12.9. The molecule has 1 aromatic heterocycles. The molecule has 9 nitrogen and oxygen atoms in total. The summed E-state index contributed by atoms with van der Waals surface area (Å²) in [7, 11) is 1.62. The van der Waals surface area contributed by atoms with Gasteiger partial charge in [-0.2, -0.15) is 4.98 Å². The Morgan fingerprint density at radius 1 is 1.09 bits per heavy atom. The van der Waals surface area contributed by atoms with E-state index in [1.807, 2.05) is 53.4 Å². The van der Waals surface area contributed by atoms with Gasteiger partial charge in [0, 0.05) is 31.7 Å². The standard InChI is InChI=1S/C23H24N4O5/c1-29-17-6-4-5-16(13-17)22-24-21(32-25-22)14-26-9-11-27(12-10-26)23(28)20-15-30-18-7-2-3-8-19(18)31-20/h2-8,13,20H,9-12,14-15H2,1H3/t20-/m0/s1. The van der Waals surface area contributed by atoms with Gasteiger partial charge >= 0.3 is 0 Å². The number of piperazine rings is 1. The van der Waals surface area contributed by atoms with E-state index in [-0.39, 0.29) is 12.5 Å². The van der Waals surface area contributed by atoms with Gasteiger partial charge in [-0.1, -0.05) is 29.4 Å². The second-order valence-electron chi connectivity index (χ2n) is 7.71. The summed E-state index contributed by atoms with van der Waals surface area (Å²) >= 11 is 0. The van der Waals surface area contributed by atoms with Crippen LogP contribution in [0.15, 0.2) is 53.1 Å². The molecule has 2 aromatic carbocycles. The third-order valence-corrected chi connectivity index (χ3v) is 5.62. The fourth-order valence-electron chi connectivity index (χ4n) is 3.86. The summed E-state index contributed by atoms with van der Waals surface area (Å²) in [4.78, 5) is 21.4. The summed E-state index contributed by atoms with van der Waals surface area (Å²) in [5.74, 6) is 3.06. The van der Waals surface area contributed by atoms with Crippen LogP contribution in [0.4, 0.5) is 0 Å². The Kier molecular flexibility index (Phi) is 5.64. The zero-order valence-corrected chi connectivity index (χ0v) is 17.8. The number of fused-ring (bicyclic) bond motifs is 1. The first-order valence-electron chi connectivity index (χ1n) is 10.6. The Morgan fingerprint density at radius 3 is 2.72 bits per heavy atom. The first kappa shape index (κ1) is 20.3. The number of hydrogen-bond acceptors (Lipinski definition) is 8. The molecule has 32 heavy (non-hydrogen) atoms. The number of methoxy groups -OCH3 is 1. The van der Waals surface area contributed by atoms with Crippen molar-refractivity contribution in [3.63, 3.8) is 0 Å². The van der Waals surface area contributed by atoms with E-state index >= 15 is 0 Å². The van der Waals surface area contributed by atoms with Crippen LogP contribution in [0.5, 0.6) is 17.2 Å². The van der Waals surface area contributed by atoms with Crippen LogP contribution in [0.1, 0.15) is 5.89 Å². The number of ether oxygens (including phenoxy) is 3. The van der Waals surface area contributed by atoms with E-state index in [4.69, 9.17) is 18.7 Å². The SMILES string of the molecule is COc1cccc(-c2noc(CN3CCN(C(=O)[C@@H]4COc5ccccc5O4)CC3)n2)c1. The molecule has 0 spiro atoms. The van der Waals surface area contributed by atoms with E-state index < -0.39 is 6.10 Å². The summed E-state index contributed by atoms with van der Waals surface area (Å²) in [6.07, 6.45) is -0.613. The van der Waals surface area contributed by atoms with Crippen molar-refractivity contribution >= 4 is 5.91 Å². The molecular formula is C23H24N4O5. The Labute approximate surface area is 185 Å². The number of benzene rings is 2. The van der Waals surface area contributed by atoms with Crippen molar-refractivity contribution in [2.75, 3.05) is 39.9 Å². The molecule has 9 heteroatoms. The lowest BCUT2D eigenvalue weighted by atomic mass is 10.2. The highest BCUT2D eigenvalue weighted by molar-refractivity contribution is 5.82. The summed E-state index contributed by atoms with van der Waals surface area (Å²) in [6.45, 7) is 3.41. The summed E-state index contributed by atoms with van der Waals surface area (Å²) < 4.78 is 22.2. The lowest BCUT2D eigenvalue weighted by Crippen LogP contribution is -2.53. The minimum Gasteiger partial charge on any atom is -0.497 e. The highest BCUT2D eigenvalue weighted by atomic mass is 16.6. The zero-order chi connectivity index (χ0) is 21.9. The van der Waals surface area contributed by atoms with E-state index in [2.05, 4.69) is 15.0 Å². The van der Waals surface area contributed by atoms with Gasteiger partial charge in [0.15, 0.2) is 11.5 Å². The van der Waals surface area contributed by atoms with Crippen molar-refractivity contribution in [1.82, 2.24) is 19.9 Å². The normalized spacial score (nSPS) is 18.4. The third kappa shape index (κ3) is 4.24. The molecule has 3 heterocycles. The molecular weight excluding hydrogens is 412 g/mol. The number of carbonyl (C=O) groups excluding carboxylic acids is 1. The van der Waals surface area contributed by atoms with Crippen LogP contribution >= 0.6 is 0 Å². The zero-order valence-electron chi connectivity index (χ0n) is 17.8. The number of rotatable bonds is 5. The van der Waals surface area contributed by atoms with Gasteiger partial charge in [0.05, 0.1) is 13.7 Å². The lowest BCUT2D eigenvalue weighted by Gasteiger charge is -2.36. The average Bonchev–Trinajstić information content (AvgIpc) is 3.32. The van der Waals surface area contributed by atoms with Gasteiger partial charge in [0.2, 0.25) is 17.8 Å². The van der Waals surface area contributed by atoms with E-state index in [9.17, 15) is 4.79 Å². The highest BCUT2D eigenvalue weighted by Gasteiger charge is 2.32. The number of amides is 1. The van der Waals surface area contributed by atoms with Crippen LogP contribution < -0.4 is 14.2 Å². The van der Waals surface area contributed by atoms with E-state index in [0.717, 1.165) is 11.3 Å². The van der Waals surface area contributed by atoms with Crippen LogP contribution in [0.3, 0.4) is 0 Å². The predicted molar refractivity (Wildman–Crippen MR) is 114 cm³/mol. The minimum absolute atomic E-state index is 0.0442. The van der Waals surface area contributed by atoms with Gasteiger partial charge in [0.1, 0.15) is 12.4 Å². The second-order valence-corrected chi connectivity index (χ2v) is 7.71. The smallest absolute Gasteiger partial charge is 0.267 e. The molecule has 166 valence electrons. The van der Waals surface area contributed by atoms with Crippen LogP contribution in [-0.4, -0.2) is 71.8 Å². The monoisotopic (exact) mass is 436 g/mol. The Morgan fingerprint density at radius 2 is 1.91 bits per heavy atom. The van der Waals surface area contributed by atoms with Crippen molar-refractivity contribution in [3.05, 3.63) is 54.4 Å². The quantitative estimate of drug-likeness (QED) is 0.602. The Hall–Kier alpha value is -3.59. The molecule has 0 bridgehead atoms. The maximum Gasteiger partial charge on any atom is 0.267 e. The Bertz CT molecular complexity index is 1090. The lowest BCUT2D eigenvalue weighted by molar-refractivity contribution is -0.143. The van der Waals surface area contributed by atoms with Gasteiger partial charge < -0.3 is 23.6 Å². The molecule has 1 atom stereocenters. The van der Waals surface area contributed by atoms with Gasteiger partial charge in [-0.05, 0) is 24.3 Å². The predicted octanol–water partition coefficient (Wildman–Crippen LogP) is 2.23. The van der Waals surface area contributed by atoms with E-state index in [1.165, 1.54) is 0 Å². The summed E-state index contributed by atoms with van der Waals surface area (Å²) in [6, 6.07) is 14.9.